The zero-order valence-corrected chi connectivity index (χ0v) is 8.93. The molecule has 0 spiro atoms. The summed E-state index contributed by atoms with van der Waals surface area (Å²) >= 11 is 1.60. The molecule has 74 valence electrons. The van der Waals surface area contributed by atoms with E-state index in [0.717, 1.165) is 27.8 Å². The Morgan fingerprint density at radius 2 is 2.36 bits per heavy atom. The molecule has 0 N–H and O–H groups in total. The molecule has 0 saturated heterocycles. The largest absolute Gasteiger partial charge is 0.497 e. The van der Waals surface area contributed by atoms with Gasteiger partial charge >= 0.3 is 0 Å². The zero-order chi connectivity index (χ0) is 9.97. The summed E-state index contributed by atoms with van der Waals surface area (Å²) in [5.74, 6) is 1.77. The third-order valence-electron chi connectivity index (χ3n) is 1.84. The van der Waals surface area contributed by atoms with Crippen LogP contribution in [0.1, 0.15) is 6.92 Å². The first-order valence-corrected chi connectivity index (χ1v) is 5.39. The number of hydrogen-bond donors (Lipinski definition) is 0. The molecule has 2 aromatic rings. The van der Waals surface area contributed by atoms with Crippen LogP contribution in [0.25, 0.3) is 11.1 Å². The Labute approximate surface area is 86.5 Å². The van der Waals surface area contributed by atoms with Gasteiger partial charge in [0.25, 0.3) is 5.22 Å². The minimum Gasteiger partial charge on any atom is -0.497 e. The molecule has 1 aromatic heterocycles. The summed E-state index contributed by atoms with van der Waals surface area (Å²) in [4.78, 5) is 4.33. The topological polar surface area (TPSA) is 35.3 Å². The highest BCUT2D eigenvalue weighted by molar-refractivity contribution is 7.99. The van der Waals surface area contributed by atoms with E-state index in [9.17, 15) is 0 Å². The van der Waals surface area contributed by atoms with E-state index in [4.69, 9.17) is 9.15 Å². The van der Waals surface area contributed by atoms with Crippen LogP contribution in [0.2, 0.25) is 0 Å². The number of aromatic nitrogens is 1. The Morgan fingerprint density at radius 1 is 1.50 bits per heavy atom. The van der Waals surface area contributed by atoms with Crippen LogP contribution in [0.4, 0.5) is 0 Å². The maximum atomic E-state index is 5.50. The highest BCUT2D eigenvalue weighted by atomic mass is 32.2. The first-order valence-electron chi connectivity index (χ1n) is 4.41. The molecule has 0 aliphatic heterocycles. The number of benzene rings is 1. The smallest absolute Gasteiger partial charge is 0.256 e. The van der Waals surface area contributed by atoms with Crippen LogP contribution in [0.3, 0.4) is 0 Å². The molecule has 0 amide bonds. The van der Waals surface area contributed by atoms with Crippen molar-refractivity contribution in [1.29, 1.82) is 0 Å². The van der Waals surface area contributed by atoms with Gasteiger partial charge in [-0.05, 0) is 17.9 Å². The van der Waals surface area contributed by atoms with Crippen molar-refractivity contribution in [1.82, 2.24) is 4.98 Å². The number of nitrogens with zero attached hydrogens (tertiary/aromatic N) is 1. The average Bonchev–Trinajstić information content (AvgIpc) is 2.59. The van der Waals surface area contributed by atoms with E-state index >= 15 is 0 Å². The summed E-state index contributed by atoms with van der Waals surface area (Å²) in [5, 5.41) is 0.718. The molecular weight excluding hydrogens is 198 g/mol. The van der Waals surface area contributed by atoms with Crippen molar-refractivity contribution >= 4 is 22.9 Å². The zero-order valence-electron chi connectivity index (χ0n) is 8.11. The number of methoxy groups -OCH3 is 1. The number of thioether (sulfide) groups is 1. The fraction of sp³-hybridized carbons (Fsp3) is 0.300. The minimum atomic E-state index is 0.718. The maximum absolute atomic E-state index is 5.50. The molecule has 0 aliphatic rings. The van der Waals surface area contributed by atoms with Gasteiger partial charge in [-0.1, -0.05) is 18.7 Å². The summed E-state index contributed by atoms with van der Waals surface area (Å²) in [5.41, 5.74) is 1.65. The van der Waals surface area contributed by atoms with Crippen LogP contribution in [0.5, 0.6) is 5.75 Å². The second-order valence-corrected chi connectivity index (χ2v) is 3.96. The van der Waals surface area contributed by atoms with Crippen LogP contribution in [0.15, 0.2) is 27.8 Å². The van der Waals surface area contributed by atoms with E-state index < -0.39 is 0 Å². The second-order valence-electron chi connectivity index (χ2n) is 2.75. The molecule has 14 heavy (non-hydrogen) atoms. The number of fused-ring (bicyclic) bond motifs is 1. The van der Waals surface area contributed by atoms with Gasteiger partial charge < -0.3 is 9.15 Å². The number of oxazole rings is 1. The lowest BCUT2D eigenvalue weighted by molar-refractivity contribution is 0.415. The van der Waals surface area contributed by atoms with Crippen molar-refractivity contribution in [2.24, 2.45) is 0 Å². The van der Waals surface area contributed by atoms with Gasteiger partial charge in [0, 0.05) is 6.07 Å². The van der Waals surface area contributed by atoms with Gasteiger partial charge in [-0.2, -0.15) is 0 Å². The minimum absolute atomic E-state index is 0.718. The summed E-state index contributed by atoms with van der Waals surface area (Å²) in [6.07, 6.45) is 0. The Kier molecular flexibility index (Phi) is 2.63. The van der Waals surface area contributed by atoms with Gasteiger partial charge in [-0.25, -0.2) is 4.98 Å². The lowest BCUT2D eigenvalue weighted by atomic mass is 10.3. The van der Waals surface area contributed by atoms with E-state index in [1.54, 1.807) is 18.9 Å². The molecule has 4 heteroatoms. The first-order chi connectivity index (χ1) is 6.83. The number of rotatable bonds is 3. The van der Waals surface area contributed by atoms with Crippen molar-refractivity contribution in [3.63, 3.8) is 0 Å². The molecule has 0 saturated carbocycles. The molecule has 0 fully saturated rings. The second kappa shape index (κ2) is 3.92. The molecule has 0 radical (unpaired) electrons. The Morgan fingerprint density at radius 3 is 3.07 bits per heavy atom. The molecule has 0 atom stereocenters. The van der Waals surface area contributed by atoms with Crippen molar-refractivity contribution in [3.05, 3.63) is 18.2 Å². The molecule has 1 heterocycles. The van der Waals surface area contributed by atoms with Crippen LogP contribution in [-0.4, -0.2) is 17.8 Å². The monoisotopic (exact) mass is 209 g/mol. The van der Waals surface area contributed by atoms with Crippen molar-refractivity contribution < 1.29 is 9.15 Å². The average molecular weight is 209 g/mol. The number of hydrogen-bond acceptors (Lipinski definition) is 4. The highest BCUT2D eigenvalue weighted by Gasteiger charge is 2.05. The first kappa shape index (κ1) is 9.40. The van der Waals surface area contributed by atoms with Gasteiger partial charge in [0.15, 0.2) is 5.58 Å². The fourth-order valence-corrected chi connectivity index (χ4v) is 1.76. The Hall–Kier alpha value is -1.16. The molecule has 0 bridgehead atoms. The van der Waals surface area contributed by atoms with Gasteiger partial charge in [0.1, 0.15) is 11.3 Å². The third-order valence-corrected chi connectivity index (χ3v) is 2.55. The van der Waals surface area contributed by atoms with E-state index in [2.05, 4.69) is 11.9 Å². The highest BCUT2D eigenvalue weighted by Crippen LogP contribution is 2.25. The van der Waals surface area contributed by atoms with E-state index in [-0.39, 0.29) is 0 Å². The summed E-state index contributed by atoms with van der Waals surface area (Å²) in [7, 11) is 1.64. The predicted molar refractivity (Wildman–Crippen MR) is 57.0 cm³/mol. The third kappa shape index (κ3) is 1.70. The van der Waals surface area contributed by atoms with E-state index in [0.29, 0.717) is 0 Å². The standard InChI is InChI=1S/C10H11NO2S/c1-3-14-10-11-8-6-7(12-2)4-5-9(8)13-10/h4-6H,3H2,1-2H3. The van der Waals surface area contributed by atoms with Crippen LogP contribution in [-0.2, 0) is 0 Å². The maximum Gasteiger partial charge on any atom is 0.256 e. The Balaban J connectivity index is 2.43. The molecule has 3 nitrogen and oxygen atoms in total. The van der Waals surface area contributed by atoms with Crippen LogP contribution >= 0.6 is 11.8 Å². The van der Waals surface area contributed by atoms with Gasteiger partial charge in [0.05, 0.1) is 7.11 Å². The van der Waals surface area contributed by atoms with Crippen molar-refractivity contribution in [2.75, 3.05) is 12.9 Å². The van der Waals surface area contributed by atoms with Crippen molar-refractivity contribution in [2.45, 2.75) is 12.1 Å². The summed E-state index contributed by atoms with van der Waals surface area (Å²) in [6, 6.07) is 5.62. The lowest BCUT2D eigenvalue weighted by Crippen LogP contribution is -1.80. The SMILES string of the molecule is CCSc1nc2cc(OC)ccc2o1. The van der Waals surface area contributed by atoms with Gasteiger partial charge in [-0.3, -0.25) is 0 Å². The Bertz CT molecular complexity index is 439. The van der Waals surface area contributed by atoms with Crippen molar-refractivity contribution in [3.8, 4) is 5.75 Å². The van der Waals surface area contributed by atoms with Crippen LogP contribution in [0, 0.1) is 0 Å². The van der Waals surface area contributed by atoms with Gasteiger partial charge in [-0.15, -0.1) is 0 Å². The summed E-state index contributed by atoms with van der Waals surface area (Å²) < 4.78 is 10.6. The quantitative estimate of drug-likeness (QED) is 0.728. The fourth-order valence-electron chi connectivity index (χ4n) is 1.20. The molecule has 0 aliphatic carbocycles. The molecule has 0 unspecified atom stereocenters. The molecular formula is C10H11NO2S. The predicted octanol–water partition coefficient (Wildman–Crippen LogP) is 2.95. The molecule has 1 aromatic carbocycles. The molecule has 2 rings (SSSR count). The van der Waals surface area contributed by atoms with Gasteiger partial charge in [0.2, 0.25) is 0 Å². The number of ether oxygens (including phenoxy) is 1. The lowest BCUT2D eigenvalue weighted by Gasteiger charge is -1.95. The normalized spacial score (nSPS) is 10.7. The van der Waals surface area contributed by atoms with Crippen LogP contribution < -0.4 is 4.74 Å². The van der Waals surface area contributed by atoms with E-state index in [1.165, 1.54) is 0 Å². The van der Waals surface area contributed by atoms with E-state index in [1.807, 2.05) is 18.2 Å². The summed E-state index contributed by atoms with van der Waals surface area (Å²) in [6.45, 7) is 2.07.